The summed E-state index contributed by atoms with van der Waals surface area (Å²) >= 11 is 0. The Labute approximate surface area is 188 Å². The zero-order chi connectivity index (χ0) is 22.7. The van der Waals surface area contributed by atoms with Gasteiger partial charge in [-0.05, 0) is 62.6 Å². The lowest BCUT2D eigenvalue weighted by atomic mass is 9.95. The molecule has 32 heavy (non-hydrogen) atoms. The second-order valence-corrected chi connectivity index (χ2v) is 9.67. The molecule has 0 unspecified atom stereocenters. The summed E-state index contributed by atoms with van der Waals surface area (Å²) in [6.45, 7) is 6.00. The smallest absolute Gasteiger partial charge is 0.261 e. The van der Waals surface area contributed by atoms with Gasteiger partial charge in [-0.25, -0.2) is 8.42 Å². The van der Waals surface area contributed by atoms with Crippen LogP contribution in [0.2, 0.25) is 0 Å². The molecule has 0 atom stereocenters. The molecule has 8 nitrogen and oxygen atoms in total. The Morgan fingerprint density at radius 1 is 1.09 bits per heavy atom. The molecule has 4 rings (SSSR count). The van der Waals surface area contributed by atoms with Gasteiger partial charge in [0.05, 0.1) is 10.6 Å². The standard InChI is InChI=1S/C23H27N5O3S/c1-3-27-16-24-25-22(27)18-12-14-28(15-13-18)23(29)19-8-10-20(11-9-19)32(30,31)26-21-7-5-4-6-17(21)2/h4-11,16,18,26H,3,12-15H2,1-2H3. The highest BCUT2D eigenvalue weighted by atomic mass is 32.2. The van der Waals surface area contributed by atoms with E-state index < -0.39 is 10.0 Å². The number of amides is 1. The molecule has 9 heteroatoms. The molecule has 0 radical (unpaired) electrons. The quantitative estimate of drug-likeness (QED) is 0.617. The van der Waals surface area contributed by atoms with Gasteiger partial charge in [-0.3, -0.25) is 9.52 Å². The molecule has 3 aromatic rings. The summed E-state index contributed by atoms with van der Waals surface area (Å²) in [5.41, 5.74) is 1.85. The maximum absolute atomic E-state index is 12.9. The number of nitrogens with one attached hydrogen (secondary N) is 1. The molecule has 1 aromatic heterocycles. The first-order chi connectivity index (χ1) is 15.4. The summed E-state index contributed by atoms with van der Waals surface area (Å²) in [5, 5.41) is 8.26. The number of sulfonamides is 1. The highest BCUT2D eigenvalue weighted by Crippen LogP contribution is 2.27. The normalized spacial score (nSPS) is 15.0. The summed E-state index contributed by atoms with van der Waals surface area (Å²) < 4.78 is 30.1. The number of carbonyl (C=O) groups excluding carboxylic acids is 1. The van der Waals surface area contributed by atoms with E-state index in [1.165, 1.54) is 12.1 Å². The minimum absolute atomic E-state index is 0.0868. The van der Waals surface area contributed by atoms with Crippen molar-refractivity contribution < 1.29 is 13.2 Å². The van der Waals surface area contributed by atoms with E-state index >= 15 is 0 Å². The van der Waals surface area contributed by atoms with E-state index in [4.69, 9.17) is 0 Å². The predicted molar refractivity (Wildman–Crippen MR) is 122 cm³/mol. The monoisotopic (exact) mass is 453 g/mol. The van der Waals surface area contributed by atoms with Gasteiger partial charge in [0, 0.05) is 31.1 Å². The number of anilines is 1. The molecule has 1 amide bonds. The highest BCUT2D eigenvalue weighted by molar-refractivity contribution is 7.92. The number of likely N-dealkylation sites (tertiary alicyclic amines) is 1. The number of para-hydroxylation sites is 1. The SMILES string of the molecule is CCn1cnnc1C1CCN(C(=O)c2ccc(S(=O)(=O)Nc3ccccc3C)cc2)CC1. The average molecular weight is 454 g/mol. The van der Waals surface area contributed by atoms with Crippen molar-refractivity contribution in [3.8, 4) is 0 Å². The van der Waals surface area contributed by atoms with Crippen molar-refractivity contribution >= 4 is 21.6 Å². The van der Waals surface area contributed by atoms with Gasteiger partial charge in [0.25, 0.3) is 15.9 Å². The fraction of sp³-hybridized carbons (Fsp3) is 0.348. The van der Waals surface area contributed by atoms with E-state index in [2.05, 4.69) is 21.8 Å². The lowest BCUT2D eigenvalue weighted by Gasteiger charge is -2.31. The summed E-state index contributed by atoms with van der Waals surface area (Å²) in [7, 11) is -3.73. The van der Waals surface area contributed by atoms with Gasteiger partial charge in [0.15, 0.2) is 0 Å². The van der Waals surface area contributed by atoms with Crippen molar-refractivity contribution in [2.45, 2.75) is 44.0 Å². The molecule has 1 aliphatic heterocycles. The van der Waals surface area contributed by atoms with E-state index in [0.717, 1.165) is 30.8 Å². The first-order valence-corrected chi connectivity index (χ1v) is 12.2. The van der Waals surface area contributed by atoms with Crippen LogP contribution in [0.15, 0.2) is 59.8 Å². The molecule has 0 bridgehead atoms. The number of benzene rings is 2. The van der Waals surface area contributed by atoms with Crippen molar-refractivity contribution in [2.75, 3.05) is 17.8 Å². The van der Waals surface area contributed by atoms with Crippen molar-refractivity contribution in [2.24, 2.45) is 0 Å². The van der Waals surface area contributed by atoms with Gasteiger partial charge in [-0.15, -0.1) is 10.2 Å². The number of hydrogen-bond donors (Lipinski definition) is 1. The van der Waals surface area contributed by atoms with Gasteiger partial charge in [0.2, 0.25) is 0 Å². The topological polar surface area (TPSA) is 97.2 Å². The third kappa shape index (κ3) is 4.52. The van der Waals surface area contributed by atoms with Crippen LogP contribution in [0.1, 0.15) is 47.4 Å². The Hall–Kier alpha value is -3.20. The number of carbonyl (C=O) groups is 1. The van der Waals surface area contributed by atoms with Gasteiger partial charge in [-0.1, -0.05) is 18.2 Å². The average Bonchev–Trinajstić information content (AvgIpc) is 3.29. The first kappa shape index (κ1) is 22.0. The molecule has 168 valence electrons. The van der Waals surface area contributed by atoms with Gasteiger partial charge < -0.3 is 9.47 Å². The predicted octanol–water partition coefficient (Wildman–Crippen LogP) is 3.43. The molecule has 0 aliphatic carbocycles. The Morgan fingerprint density at radius 2 is 1.78 bits per heavy atom. The first-order valence-electron chi connectivity index (χ1n) is 10.7. The lowest BCUT2D eigenvalue weighted by molar-refractivity contribution is 0.0710. The molecule has 0 spiro atoms. The molecular formula is C23H27N5O3S. The van der Waals surface area contributed by atoms with Crippen LogP contribution in [-0.2, 0) is 16.6 Å². The fourth-order valence-electron chi connectivity index (χ4n) is 4.01. The van der Waals surface area contributed by atoms with Crippen LogP contribution in [0.25, 0.3) is 0 Å². The highest BCUT2D eigenvalue weighted by Gasteiger charge is 2.27. The largest absolute Gasteiger partial charge is 0.339 e. The second kappa shape index (κ2) is 9.12. The van der Waals surface area contributed by atoms with E-state index in [1.807, 2.05) is 28.5 Å². The molecule has 0 saturated carbocycles. The molecule has 1 N–H and O–H groups in total. The Balaban J connectivity index is 1.41. The maximum Gasteiger partial charge on any atom is 0.261 e. The number of piperidine rings is 1. The zero-order valence-electron chi connectivity index (χ0n) is 18.2. The number of hydrogen-bond acceptors (Lipinski definition) is 5. The van der Waals surface area contributed by atoms with Crippen molar-refractivity contribution in [3.05, 3.63) is 71.8 Å². The van der Waals surface area contributed by atoms with Crippen LogP contribution in [-0.4, -0.2) is 47.1 Å². The zero-order valence-corrected chi connectivity index (χ0v) is 19.0. The second-order valence-electron chi connectivity index (χ2n) is 7.99. The summed E-state index contributed by atoms with van der Waals surface area (Å²) in [4.78, 5) is 14.9. The van der Waals surface area contributed by atoms with Crippen LogP contribution in [0.5, 0.6) is 0 Å². The van der Waals surface area contributed by atoms with Crippen molar-refractivity contribution in [1.82, 2.24) is 19.7 Å². The van der Waals surface area contributed by atoms with Crippen LogP contribution in [0.3, 0.4) is 0 Å². The molecule has 1 aliphatic rings. The summed E-state index contributed by atoms with van der Waals surface area (Å²) in [6.07, 6.45) is 3.41. The van der Waals surface area contributed by atoms with Crippen LogP contribution in [0.4, 0.5) is 5.69 Å². The van der Waals surface area contributed by atoms with Crippen molar-refractivity contribution in [3.63, 3.8) is 0 Å². The molecule has 2 aromatic carbocycles. The number of aryl methyl sites for hydroxylation is 2. The van der Waals surface area contributed by atoms with Gasteiger partial charge in [0.1, 0.15) is 12.2 Å². The van der Waals surface area contributed by atoms with E-state index in [-0.39, 0.29) is 10.8 Å². The maximum atomic E-state index is 12.9. The van der Waals surface area contributed by atoms with E-state index in [1.54, 1.807) is 30.6 Å². The number of rotatable bonds is 6. The lowest BCUT2D eigenvalue weighted by Crippen LogP contribution is -2.38. The van der Waals surface area contributed by atoms with Gasteiger partial charge in [-0.2, -0.15) is 0 Å². The number of aromatic nitrogens is 3. The molecule has 2 heterocycles. The summed E-state index contributed by atoms with van der Waals surface area (Å²) in [5.74, 6) is 1.19. The Bertz CT molecular complexity index is 1200. The van der Waals surface area contributed by atoms with Crippen LogP contribution >= 0.6 is 0 Å². The third-order valence-electron chi connectivity index (χ3n) is 5.93. The Kier molecular flexibility index (Phi) is 6.27. The van der Waals surface area contributed by atoms with E-state index in [9.17, 15) is 13.2 Å². The molecule has 1 fully saturated rings. The van der Waals surface area contributed by atoms with Crippen molar-refractivity contribution in [1.29, 1.82) is 0 Å². The summed E-state index contributed by atoms with van der Waals surface area (Å²) in [6, 6.07) is 13.3. The Morgan fingerprint density at radius 3 is 2.44 bits per heavy atom. The van der Waals surface area contributed by atoms with Crippen LogP contribution < -0.4 is 4.72 Å². The van der Waals surface area contributed by atoms with Gasteiger partial charge >= 0.3 is 0 Å². The van der Waals surface area contributed by atoms with Crippen LogP contribution in [0, 0.1) is 6.92 Å². The molecular weight excluding hydrogens is 426 g/mol. The van der Waals surface area contributed by atoms with E-state index in [0.29, 0.717) is 30.3 Å². The molecule has 1 saturated heterocycles. The third-order valence-corrected chi connectivity index (χ3v) is 7.32. The fourth-order valence-corrected chi connectivity index (χ4v) is 5.15. The minimum Gasteiger partial charge on any atom is -0.339 e. The number of nitrogens with zero attached hydrogens (tertiary/aromatic N) is 4. The minimum atomic E-state index is -3.73.